The maximum Gasteiger partial charge on any atom is 0.220 e. The first-order valence-corrected chi connectivity index (χ1v) is 36.2. The zero-order valence-corrected chi connectivity index (χ0v) is 53.5. The van der Waals surface area contributed by atoms with Crippen LogP contribution in [-0.4, -0.2) is 34.9 Å². The standard InChI is InChI=1S/C74H143NO3/c1-3-5-7-9-11-13-15-17-19-21-23-25-27-29-31-33-34-35-36-37-38-39-40-42-44-46-48-50-52-54-56-58-60-62-64-66-68-70-74(78)75-72(71-76)73(77)69-67-65-63-61-59-57-55-53-51-49-47-45-43-41-32-30-28-26-24-22-20-18-16-14-12-10-8-6-4-2/h15,17,21,23,27,29,72-73,76-77H,3-14,16,18-20,22,24-26,28,30-71H2,1-2H3,(H,75,78)/b17-15-,23-21-,29-27-. The van der Waals surface area contributed by atoms with E-state index >= 15 is 0 Å². The minimum absolute atomic E-state index is 0.0221. The van der Waals surface area contributed by atoms with Crippen molar-refractivity contribution in [3.8, 4) is 0 Å². The van der Waals surface area contributed by atoms with Crippen molar-refractivity contribution < 1.29 is 15.0 Å². The molecule has 0 rings (SSSR count). The monoisotopic (exact) mass is 1090 g/mol. The summed E-state index contributed by atoms with van der Waals surface area (Å²) in [7, 11) is 0. The highest BCUT2D eigenvalue weighted by Gasteiger charge is 2.20. The molecule has 462 valence electrons. The molecule has 0 aromatic heterocycles. The van der Waals surface area contributed by atoms with Crippen LogP contribution in [0.15, 0.2) is 36.5 Å². The average molecular weight is 1090 g/mol. The Kier molecular flexibility index (Phi) is 68.6. The molecule has 0 bridgehead atoms. The molecule has 0 aliphatic rings. The molecule has 1 amide bonds. The molecule has 0 aromatic carbocycles. The van der Waals surface area contributed by atoms with Crippen LogP contribution in [0, 0.1) is 0 Å². The molecule has 0 saturated heterocycles. The van der Waals surface area contributed by atoms with Crippen LogP contribution in [0.5, 0.6) is 0 Å². The van der Waals surface area contributed by atoms with Gasteiger partial charge in [-0.3, -0.25) is 4.79 Å². The lowest BCUT2D eigenvalue weighted by Gasteiger charge is -2.22. The van der Waals surface area contributed by atoms with Crippen LogP contribution in [0.3, 0.4) is 0 Å². The summed E-state index contributed by atoms with van der Waals surface area (Å²) in [6.07, 6.45) is 96.4. The van der Waals surface area contributed by atoms with E-state index in [1.165, 1.54) is 347 Å². The number of hydrogen-bond donors (Lipinski definition) is 3. The maximum absolute atomic E-state index is 12.6. The summed E-state index contributed by atoms with van der Waals surface area (Å²) in [6, 6.07) is -0.536. The third-order valence-electron chi connectivity index (χ3n) is 17.2. The summed E-state index contributed by atoms with van der Waals surface area (Å²) in [5.74, 6) is -0.0221. The molecular formula is C74H143NO3. The van der Waals surface area contributed by atoms with Crippen LogP contribution in [0.4, 0.5) is 0 Å². The second-order valence-corrected chi connectivity index (χ2v) is 25.0. The molecule has 2 unspecified atom stereocenters. The van der Waals surface area contributed by atoms with Gasteiger partial charge in [-0.1, -0.05) is 391 Å². The predicted molar refractivity (Wildman–Crippen MR) is 350 cm³/mol. The number of aliphatic hydroxyl groups excluding tert-OH is 2. The Labute approximate surface area is 491 Å². The fourth-order valence-electron chi connectivity index (χ4n) is 11.7. The van der Waals surface area contributed by atoms with E-state index in [0.717, 1.165) is 38.5 Å². The minimum atomic E-state index is -0.660. The van der Waals surface area contributed by atoms with Crippen LogP contribution in [0.25, 0.3) is 0 Å². The van der Waals surface area contributed by atoms with Gasteiger partial charge in [0.25, 0.3) is 0 Å². The Morgan fingerprint density at radius 2 is 0.526 bits per heavy atom. The molecule has 0 heterocycles. The molecule has 3 N–H and O–H groups in total. The second-order valence-electron chi connectivity index (χ2n) is 25.0. The number of amides is 1. The van der Waals surface area contributed by atoms with Gasteiger partial charge in [-0.25, -0.2) is 0 Å². The minimum Gasteiger partial charge on any atom is -0.394 e. The van der Waals surface area contributed by atoms with E-state index in [1.54, 1.807) is 0 Å². The number of rotatable bonds is 68. The van der Waals surface area contributed by atoms with Gasteiger partial charge in [0.1, 0.15) is 0 Å². The van der Waals surface area contributed by atoms with E-state index in [2.05, 4.69) is 55.6 Å². The van der Waals surface area contributed by atoms with Crippen molar-refractivity contribution in [3.63, 3.8) is 0 Å². The molecule has 0 spiro atoms. The molecule has 4 nitrogen and oxygen atoms in total. The van der Waals surface area contributed by atoms with Gasteiger partial charge < -0.3 is 15.5 Å². The van der Waals surface area contributed by atoms with Crippen LogP contribution >= 0.6 is 0 Å². The topological polar surface area (TPSA) is 69.6 Å². The van der Waals surface area contributed by atoms with Crippen molar-refractivity contribution in [1.82, 2.24) is 5.32 Å². The largest absolute Gasteiger partial charge is 0.394 e. The van der Waals surface area contributed by atoms with E-state index in [9.17, 15) is 15.0 Å². The molecule has 0 saturated carbocycles. The van der Waals surface area contributed by atoms with Gasteiger partial charge in [-0.2, -0.15) is 0 Å². The number of hydrogen-bond acceptors (Lipinski definition) is 3. The summed E-state index contributed by atoms with van der Waals surface area (Å²) >= 11 is 0. The molecule has 2 atom stereocenters. The predicted octanol–water partition coefficient (Wildman–Crippen LogP) is 24.7. The first-order valence-electron chi connectivity index (χ1n) is 36.2. The van der Waals surface area contributed by atoms with Crippen molar-refractivity contribution in [2.45, 2.75) is 424 Å². The van der Waals surface area contributed by atoms with Gasteiger partial charge in [-0.15, -0.1) is 0 Å². The quantitative estimate of drug-likeness (QED) is 0.0420. The normalized spacial score (nSPS) is 12.8. The lowest BCUT2D eigenvalue weighted by atomic mass is 10.0. The van der Waals surface area contributed by atoms with Crippen LogP contribution < -0.4 is 5.32 Å². The number of aliphatic hydroxyl groups is 2. The van der Waals surface area contributed by atoms with Crippen molar-refractivity contribution >= 4 is 5.91 Å². The van der Waals surface area contributed by atoms with Crippen LogP contribution in [0.2, 0.25) is 0 Å². The van der Waals surface area contributed by atoms with E-state index in [-0.39, 0.29) is 12.5 Å². The third kappa shape index (κ3) is 65.4. The van der Waals surface area contributed by atoms with Gasteiger partial charge in [0.05, 0.1) is 18.8 Å². The molecular weight excluding hydrogens is 951 g/mol. The van der Waals surface area contributed by atoms with E-state index in [1.807, 2.05) is 0 Å². The Balaban J connectivity index is 3.38. The Morgan fingerprint density at radius 1 is 0.308 bits per heavy atom. The summed E-state index contributed by atoms with van der Waals surface area (Å²) in [5.41, 5.74) is 0. The van der Waals surface area contributed by atoms with Gasteiger partial charge in [0.15, 0.2) is 0 Å². The zero-order chi connectivity index (χ0) is 56.2. The van der Waals surface area contributed by atoms with E-state index < -0.39 is 12.1 Å². The Hall–Kier alpha value is -1.39. The molecule has 4 heteroatoms. The Bertz CT molecular complexity index is 1190. The first kappa shape index (κ1) is 76.6. The van der Waals surface area contributed by atoms with Crippen LogP contribution in [0.1, 0.15) is 412 Å². The molecule has 0 fully saturated rings. The summed E-state index contributed by atoms with van der Waals surface area (Å²) in [4.78, 5) is 12.6. The van der Waals surface area contributed by atoms with Crippen molar-refractivity contribution in [2.24, 2.45) is 0 Å². The Morgan fingerprint density at radius 3 is 0.782 bits per heavy atom. The van der Waals surface area contributed by atoms with Gasteiger partial charge in [0, 0.05) is 6.42 Å². The third-order valence-corrected chi connectivity index (χ3v) is 17.2. The lowest BCUT2D eigenvalue weighted by Crippen LogP contribution is -2.45. The second kappa shape index (κ2) is 69.9. The fourth-order valence-corrected chi connectivity index (χ4v) is 11.7. The number of carbonyl (C=O) groups is 1. The number of allylic oxidation sites excluding steroid dienone is 6. The maximum atomic E-state index is 12.6. The van der Waals surface area contributed by atoms with E-state index in [4.69, 9.17) is 0 Å². The number of unbranched alkanes of at least 4 members (excludes halogenated alkanes) is 55. The lowest BCUT2D eigenvalue weighted by molar-refractivity contribution is -0.123. The molecule has 0 aromatic rings. The van der Waals surface area contributed by atoms with E-state index in [0.29, 0.717) is 12.8 Å². The highest BCUT2D eigenvalue weighted by molar-refractivity contribution is 5.76. The van der Waals surface area contributed by atoms with Gasteiger partial charge in [0.2, 0.25) is 5.91 Å². The molecule has 0 aliphatic heterocycles. The average Bonchev–Trinajstić information content (AvgIpc) is 3.44. The summed E-state index contributed by atoms with van der Waals surface area (Å²) < 4.78 is 0. The zero-order valence-electron chi connectivity index (χ0n) is 53.5. The van der Waals surface area contributed by atoms with Crippen molar-refractivity contribution in [1.29, 1.82) is 0 Å². The number of carbonyl (C=O) groups excluding carboxylic acids is 1. The highest BCUT2D eigenvalue weighted by atomic mass is 16.3. The van der Waals surface area contributed by atoms with Gasteiger partial charge >= 0.3 is 0 Å². The molecule has 78 heavy (non-hydrogen) atoms. The summed E-state index contributed by atoms with van der Waals surface area (Å²) in [5, 5.41) is 23.5. The van der Waals surface area contributed by atoms with Gasteiger partial charge in [-0.05, 0) is 51.4 Å². The molecule has 0 aliphatic carbocycles. The van der Waals surface area contributed by atoms with Crippen LogP contribution in [-0.2, 0) is 4.79 Å². The summed E-state index contributed by atoms with van der Waals surface area (Å²) in [6.45, 7) is 4.39. The smallest absolute Gasteiger partial charge is 0.220 e. The first-order chi connectivity index (χ1) is 38.7. The molecule has 0 radical (unpaired) electrons. The highest BCUT2D eigenvalue weighted by Crippen LogP contribution is 2.20. The fraction of sp³-hybridized carbons (Fsp3) is 0.905. The van der Waals surface area contributed by atoms with Crippen molar-refractivity contribution in [2.75, 3.05) is 6.61 Å². The number of nitrogens with one attached hydrogen (secondary N) is 1. The van der Waals surface area contributed by atoms with Crippen molar-refractivity contribution in [3.05, 3.63) is 36.5 Å². The SMILES string of the molecule is CCCCCCC/C=C\C/C=C\C/C=C\CCCCCCCCCCCCCCCCCCCCCCCCC(=O)NC(CO)C(O)CCCCCCCCCCCCCCCCCCCCCCCCCCCCCCC.